The van der Waals surface area contributed by atoms with Crippen LogP contribution in [0, 0.1) is 13.8 Å². The Labute approximate surface area is 108 Å². The maximum Gasteiger partial charge on any atom is 0.107 e. The number of nitrogens with one attached hydrogen (secondary N) is 1. The van der Waals surface area contributed by atoms with Gasteiger partial charge in [0.15, 0.2) is 0 Å². The predicted molar refractivity (Wildman–Crippen MR) is 71.5 cm³/mol. The molecule has 0 unspecified atom stereocenters. The van der Waals surface area contributed by atoms with Crippen LogP contribution in [0.25, 0.3) is 0 Å². The van der Waals surface area contributed by atoms with Gasteiger partial charge in [-0.15, -0.1) is 11.3 Å². The number of ether oxygens (including phenoxy) is 1. The van der Waals surface area contributed by atoms with Gasteiger partial charge in [-0.1, -0.05) is 12.8 Å². The summed E-state index contributed by atoms with van der Waals surface area (Å²) in [4.78, 5) is 5.82. The van der Waals surface area contributed by atoms with E-state index in [2.05, 4.69) is 24.1 Å². The molecule has 2 rings (SSSR count). The van der Waals surface area contributed by atoms with E-state index >= 15 is 0 Å². The Hall–Kier alpha value is -0.450. The molecular formula is C13H22N2OS. The summed E-state index contributed by atoms with van der Waals surface area (Å²) in [6, 6.07) is 0. The van der Waals surface area contributed by atoms with E-state index in [0.717, 1.165) is 25.4 Å². The first-order valence-electron chi connectivity index (χ1n) is 6.51. The van der Waals surface area contributed by atoms with Gasteiger partial charge < -0.3 is 10.1 Å². The third-order valence-corrected chi connectivity index (χ3v) is 4.36. The second kappa shape index (κ2) is 6.47. The maximum absolute atomic E-state index is 5.79. The average molecular weight is 254 g/mol. The summed E-state index contributed by atoms with van der Waals surface area (Å²) in [5.74, 6) is 0. The van der Waals surface area contributed by atoms with E-state index in [0.29, 0.717) is 6.10 Å². The molecule has 0 saturated heterocycles. The molecule has 1 aromatic heterocycles. The van der Waals surface area contributed by atoms with Gasteiger partial charge >= 0.3 is 0 Å². The number of thiazole rings is 1. The zero-order chi connectivity index (χ0) is 12.1. The molecule has 3 nitrogen and oxygen atoms in total. The summed E-state index contributed by atoms with van der Waals surface area (Å²) < 4.78 is 5.79. The molecule has 1 saturated carbocycles. The molecular weight excluding hydrogens is 232 g/mol. The Morgan fingerprint density at radius 1 is 1.35 bits per heavy atom. The van der Waals surface area contributed by atoms with Crippen LogP contribution in [0.15, 0.2) is 0 Å². The Balaban J connectivity index is 1.56. The molecule has 0 bridgehead atoms. The van der Waals surface area contributed by atoms with Crippen molar-refractivity contribution in [2.75, 3.05) is 13.2 Å². The fourth-order valence-electron chi connectivity index (χ4n) is 2.16. The van der Waals surface area contributed by atoms with Crippen LogP contribution in [0.1, 0.15) is 41.3 Å². The van der Waals surface area contributed by atoms with E-state index in [1.54, 1.807) is 11.3 Å². The van der Waals surface area contributed by atoms with E-state index in [-0.39, 0.29) is 0 Å². The first kappa shape index (κ1) is 13.0. The van der Waals surface area contributed by atoms with Crippen LogP contribution in [-0.4, -0.2) is 24.2 Å². The molecule has 1 aliphatic rings. The molecule has 1 aromatic rings. The maximum atomic E-state index is 5.79. The summed E-state index contributed by atoms with van der Waals surface area (Å²) in [7, 11) is 0. The first-order chi connectivity index (χ1) is 8.25. The summed E-state index contributed by atoms with van der Waals surface area (Å²) >= 11 is 1.78. The summed E-state index contributed by atoms with van der Waals surface area (Å²) in [5.41, 5.74) is 1.16. The van der Waals surface area contributed by atoms with Crippen molar-refractivity contribution in [2.24, 2.45) is 0 Å². The lowest BCUT2D eigenvalue weighted by Crippen LogP contribution is -2.21. The van der Waals surface area contributed by atoms with E-state index in [1.807, 2.05) is 0 Å². The van der Waals surface area contributed by atoms with E-state index in [4.69, 9.17) is 4.74 Å². The second-order valence-corrected chi connectivity index (χ2v) is 5.99. The SMILES string of the molecule is Cc1nc(CNCCOC2CCCC2)sc1C. The number of hydrogen-bond acceptors (Lipinski definition) is 4. The highest BCUT2D eigenvalue weighted by Gasteiger charge is 2.14. The zero-order valence-electron chi connectivity index (χ0n) is 10.8. The molecule has 1 aliphatic carbocycles. The molecule has 0 spiro atoms. The Kier molecular flexibility index (Phi) is 4.95. The van der Waals surface area contributed by atoms with Gasteiger partial charge in [-0.25, -0.2) is 4.98 Å². The Morgan fingerprint density at radius 2 is 2.12 bits per heavy atom. The third kappa shape index (κ3) is 4.05. The summed E-state index contributed by atoms with van der Waals surface area (Å²) in [6.45, 7) is 6.81. The fourth-order valence-corrected chi connectivity index (χ4v) is 3.07. The molecule has 4 heteroatoms. The van der Waals surface area contributed by atoms with Crippen LogP contribution >= 0.6 is 11.3 Å². The van der Waals surface area contributed by atoms with Crippen molar-refractivity contribution in [3.8, 4) is 0 Å². The molecule has 17 heavy (non-hydrogen) atoms. The topological polar surface area (TPSA) is 34.2 Å². The number of nitrogens with zero attached hydrogens (tertiary/aromatic N) is 1. The summed E-state index contributed by atoms with van der Waals surface area (Å²) in [6.07, 6.45) is 5.72. The van der Waals surface area contributed by atoms with Crippen molar-refractivity contribution >= 4 is 11.3 Å². The van der Waals surface area contributed by atoms with Crippen LogP contribution in [0.5, 0.6) is 0 Å². The average Bonchev–Trinajstić information content (AvgIpc) is 2.90. The van der Waals surface area contributed by atoms with Crippen molar-refractivity contribution in [3.63, 3.8) is 0 Å². The molecule has 0 aromatic carbocycles. The molecule has 1 heterocycles. The molecule has 0 amide bonds. The minimum atomic E-state index is 0.529. The van der Waals surface area contributed by atoms with Crippen molar-refractivity contribution in [1.82, 2.24) is 10.3 Å². The number of hydrogen-bond donors (Lipinski definition) is 1. The fraction of sp³-hybridized carbons (Fsp3) is 0.769. The lowest BCUT2D eigenvalue weighted by molar-refractivity contribution is 0.0602. The lowest BCUT2D eigenvalue weighted by Gasteiger charge is -2.10. The van der Waals surface area contributed by atoms with Gasteiger partial charge in [0.2, 0.25) is 0 Å². The molecule has 0 radical (unpaired) electrons. The van der Waals surface area contributed by atoms with Gasteiger partial charge in [-0.2, -0.15) is 0 Å². The van der Waals surface area contributed by atoms with Gasteiger partial charge in [-0.05, 0) is 26.7 Å². The molecule has 1 fully saturated rings. The van der Waals surface area contributed by atoms with E-state index in [1.165, 1.54) is 35.6 Å². The van der Waals surface area contributed by atoms with Crippen molar-refractivity contribution in [3.05, 3.63) is 15.6 Å². The largest absolute Gasteiger partial charge is 0.377 e. The highest BCUT2D eigenvalue weighted by molar-refractivity contribution is 7.11. The van der Waals surface area contributed by atoms with Gasteiger partial charge in [-0.3, -0.25) is 0 Å². The van der Waals surface area contributed by atoms with Crippen LogP contribution in [0.3, 0.4) is 0 Å². The highest BCUT2D eigenvalue weighted by atomic mass is 32.1. The quantitative estimate of drug-likeness (QED) is 0.793. The van der Waals surface area contributed by atoms with Gasteiger partial charge in [0.05, 0.1) is 18.4 Å². The molecule has 1 N–H and O–H groups in total. The first-order valence-corrected chi connectivity index (χ1v) is 7.32. The Morgan fingerprint density at radius 3 is 2.76 bits per heavy atom. The predicted octanol–water partition coefficient (Wildman–Crippen LogP) is 2.81. The van der Waals surface area contributed by atoms with Crippen LogP contribution in [0.4, 0.5) is 0 Å². The monoisotopic (exact) mass is 254 g/mol. The van der Waals surface area contributed by atoms with Crippen molar-refractivity contribution in [1.29, 1.82) is 0 Å². The second-order valence-electron chi connectivity index (χ2n) is 4.70. The molecule has 96 valence electrons. The van der Waals surface area contributed by atoms with E-state index < -0.39 is 0 Å². The van der Waals surface area contributed by atoms with Gasteiger partial charge in [0.25, 0.3) is 0 Å². The molecule has 0 atom stereocenters. The van der Waals surface area contributed by atoms with Crippen LogP contribution in [-0.2, 0) is 11.3 Å². The van der Waals surface area contributed by atoms with Gasteiger partial charge in [0, 0.05) is 18.0 Å². The zero-order valence-corrected chi connectivity index (χ0v) is 11.6. The van der Waals surface area contributed by atoms with E-state index in [9.17, 15) is 0 Å². The Bertz CT molecular complexity index is 326. The van der Waals surface area contributed by atoms with Crippen molar-refractivity contribution < 1.29 is 4.74 Å². The molecule has 0 aliphatic heterocycles. The minimum Gasteiger partial charge on any atom is -0.377 e. The van der Waals surface area contributed by atoms with Crippen LogP contribution < -0.4 is 5.32 Å². The number of aromatic nitrogens is 1. The smallest absolute Gasteiger partial charge is 0.107 e. The standard InChI is InChI=1S/C13H22N2OS/c1-10-11(2)17-13(15-10)9-14-7-8-16-12-5-3-4-6-12/h12,14H,3-9H2,1-2H3. The van der Waals surface area contributed by atoms with Crippen LogP contribution in [0.2, 0.25) is 0 Å². The normalized spacial score (nSPS) is 16.8. The number of rotatable bonds is 6. The minimum absolute atomic E-state index is 0.529. The van der Waals surface area contributed by atoms with Crippen molar-refractivity contribution in [2.45, 2.75) is 52.2 Å². The van der Waals surface area contributed by atoms with Gasteiger partial charge in [0.1, 0.15) is 5.01 Å². The lowest BCUT2D eigenvalue weighted by atomic mass is 10.3. The third-order valence-electron chi connectivity index (χ3n) is 3.28. The number of aryl methyl sites for hydroxylation is 2. The highest BCUT2D eigenvalue weighted by Crippen LogP contribution is 2.20. The summed E-state index contributed by atoms with van der Waals surface area (Å²) in [5, 5.41) is 4.57.